The molecule has 0 radical (unpaired) electrons. The van der Waals surface area contributed by atoms with Gasteiger partial charge in [0.05, 0.1) is 5.69 Å². The molecule has 1 fully saturated rings. The van der Waals surface area contributed by atoms with Gasteiger partial charge in [0.15, 0.2) is 0 Å². The average molecular weight is 320 g/mol. The second-order valence-corrected chi connectivity index (χ2v) is 6.88. The minimum absolute atomic E-state index is 0.691. The first-order valence-electron chi connectivity index (χ1n) is 8.94. The van der Waals surface area contributed by atoms with Gasteiger partial charge in [0, 0.05) is 18.2 Å². The Kier molecular flexibility index (Phi) is 4.35. The number of hydrogen-bond acceptors (Lipinski definition) is 3. The SMILES string of the molecule is CN(Cc1coc(-c2cccc3ccccc23)n1)C1CCCCC1. The van der Waals surface area contributed by atoms with Crippen LogP contribution in [0.3, 0.4) is 0 Å². The lowest BCUT2D eigenvalue weighted by Crippen LogP contribution is -2.32. The Bertz CT molecular complexity index is 812. The molecule has 124 valence electrons. The second kappa shape index (κ2) is 6.78. The third-order valence-electron chi connectivity index (χ3n) is 5.18. The molecule has 1 heterocycles. The molecule has 0 amide bonds. The molecule has 0 aliphatic heterocycles. The number of rotatable bonds is 4. The Morgan fingerprint density at radius 1 is 1.04 bits per heavy atom. The minimum Gasteiger partial charge on any atom is -0.444 e. The van der Waals surface area contributed by atoms with E-state index in [1.54, 1.807) is 0 Å². The summed E-state index contributed by atoms with van der Waals surface area (Å²) < 4.78 is 5.81. The third-order valence-corrected chi connectivity index (χ3v) is 5.18. The summed E-state index contributed by atoms with van der Waals surface area (Å²) in [7, 11) is 2.21. The average Bonchev–Trinajstić information content (AvgIpc) is 3.10. The number of oxazole rings is 1. The maximum Gasteiger partial charge on any atom is 0.226 e. The van der Waals surface area contributed by atoms with Crippen LogP contribution in [0.1, 0.15) is 37.8 Å². The van der Waals surface area contributed by atoms with Gasteiger partial charge in [-0.1, -0.05) is 55.7 Å². The van der Waals surface area contributed by atoms with Crippen LogP contribution < -0.4 is 0 Å². The molecule has 3 nitrogen and oxygen atoms in total. The molecule has 0 atom stereocenters. The van der Waals surface area contributed by atoms with Crippen LogP contribution >= 0.6 is 0 Å². The zero-order valence-corrected chi connectivity index (χ0v) is 14.2. The third kappa shape index (κ3) is 3.09. The standard InChI is InChI=1S/C21H24N2O/c1-23(18-10-3-2-4-11-18)14-17-15-24-21(22-17)20-13-7-9-16-8-5-6-12-19(16)20/h5-9,12-13,15,18H,2-4,10-11,14H2,1H3. The quantitative estimate of drug-likeness (QED) is 0.656. The highest BCUT2D eigenvalue weighted by Gasteiger charge is 2.19. The number of fused-ring (bicyclic) bond motifs is 1. The van der Waals surface area contributed by atoms with Crippen LogP contribution in [0, 0.1) is 0 Å². The predicted molar refractivity (Wildman–Crippen MR) is 97.8 cm³/mol. The lowest BCUT2D eigenvalue weighted by Gasteiger charge is -2.30. The lowest BCUT2D eigenvalue weighted by atomic mass is 9.94. The summed E-state index contributed by atoms with van der Waals surface area (Å²) in [6, 6.07) is 15.3. The lowest BCUT2D eigenvalue weighted by molar-refractivity contribution is 0.182. The molecule has 0 bridgehead atoms. The van der Waals surface area contributed by atoms with Crippen LogP contribution in [0.25, 0.3) is 22.2 Å². The largest absolute Gasteiger partial charge is 0.444 e. The van der Waals surface area contributed by atoms with Crippen molar-refractivity contribution in [2.75, 3.05) is 7.05 Å². The molecule has 0 unspecified atom stereocenters. The van der Waals surface area contributed by atoms with Gasteiger partial charge in [-0.05, 0) is 36.7 Å². The van der Waals surface area contributed by atoms with Crippen LogP contribution in [0.5, 0.6) is 0 Å². The number of aromatic nitrogens is 1. The molecule has 24 heavy (non-hydrogen) atoms. The Labute approximate surface area is 143 Å². The fourth-order valence-corrected chi connectivity index (χ4v) is 3.82. The van der Waals surface area contributed by atoms with E-state index in [2.05, 4.69) is 54.4 Å². The van der Waals surface area contributed by atoms with E-state index in [1.807, 2.05) is 6.26 Å². The van der Waals surface area contributed by atoms with Gasteiger partial charge in [0.25, 0.3) is 0 Å². The second-order valence-electron chi connectivity index (χ2n) is 6.88. The van der Waals surface area contributed by atoms with Crippen LogP contribution in [0.4, 0.5) is 0 Å². The molecule has 3 aromatic rings. The molecule has 1 saturated carbocycles. The highest BCUT2D eigenvalue weighted by molar-refractivity contribution is 5.94. The van der Waals surface area contributed by atoms with Gasteiger partial charge in [0.2, 0.25) is 5.89 Å². The van der Waals surface area contributed by atoms with Crippen molar-refractivity contribution in [2.45, 2.75) is 44.7 Å². The summed E-state index contributed by atoms with van der Waals surface area (Å²) in [5.74, 6) is 0.721. The van der Waals surface area contributed by atoms with E-state index in [4.69, 9.17) is 9.40 Å². The highest BCUT2D eigenvalue weighted by Crippen LogP contribution is 2.28. The summed E-state index contributed by atoms with van der Waals surface area (Å²) in [6.07, 6.45) is 8.54. The van der Waals surface area contributed by atoms with Crippen molar-refractivity contribution in [3.63, 3.8) is 0 Å². The normalized spacial score (nSPS) is 16.1. The topological polar surface area (TPSA) is 29.3 Å². The van der Waals surface area contributed by atoms with Gasteiger partial charge in [-0.15, -0.1) is 0 Å². The van der Waals surface area contributed by atoms with Crippen molar-refractivity contribution < 1.29 is 4.42 Å². The highest BCUT2D eigenvalue weighted by atomic mass is 16.3. The van der Waals surface area contributed by atoms with Crippen molar-refractivity contribution in [2.24, 2.45) is 0 Å². The van der Waals surface area contributed by atoms with Gasteiger partial charge >= 0.3 is 0 Å². The van der Waals surface area contributed by atoms with Gasteiger partial charge in [-0.3, -0.25) is 4.90 Å². The molecule has 1 aliphatic rings. The number of benzene rings is 2. The van der Waals surface area contributed by atoms with Crippen LogP contribution in [0.2, 0.25) is 0 Å². The van der Waals surface area contributed by atoms with E-state index in [1.165, 1.54) is 42.9 Å². The molecular formula is C21H24N2O. The summed E-state index contributed by atoms with van der Waals surface area (Å²) in [4.78, 5) is 7.19. The fraction of sp³-hybridized carbons (Fsp3) is 0.381. The Hall–Kier alpha value is -2.13. The predicted octanol–water partition coefficient (Wildman–Crippen LogP) is 5.26. The van der Waals surface area contributed by atoms with Gasteiger partial charge in [0.1, 0.15) is 6.26 Å². The molecule has 0 N–H and O–H groups in total. The van der Waals surface area contributed by atoms with E-state index in [9.17, 15) is 0 Å². The molecule has 3 heteroatoms. The Balaban J connectivity index is 1.56. The summed E-state index contributed by atoms with van der Waals surface area (Å²) >= 11 is 0. The zero-order valence-electron chi connectivity index (χ0n) is 14.2. The fourth-order valence-electron chi connectivity index (χ4n) is 3.82. The maximum atomic E-state index is 5.81. The van der Waals surface area contributed by atoms with Crippen LogP contribution in [0.15, 0.2) is 53.1 Å². The van der Waals surface area contributed by atoms with Crippen molar-refractivity contribution in [3.05, 3.63) is 54.4 Å². The smallest absolute Gasteiger partial charge is 0.226 e. The Morgan fingerprint density at radius 2 is 1.83 bits per heavy atom. The Morgan fingerprint density at radius 3 is 2.71 bits per heavy atom. The molecule has 4 rings (SSSR count). The first-order chi connectivity index (χ1) is 11.8. The van der Waals surface area contributed by atoms with Gasteiger partial charge < -0.3 is 4.42 Å². The van der Waals surface area contributed by atoms with Crippen molar-refractivity contribution in [1.29, 1.82) is 0 Å². The van der Waals surface area contributed by atoms with E-state index in [0.717, 1.165) is 23.7 Å². The van der Waals surface area contributed by atoms with E-state index < -0.39 is 0 Å². The molecule has 1 aromatic heterocycles. The first-order valence-corrected chi connectivity index (χ1v) is 8.94. The molecule has 0 saturated heterocycles. The van der Waals surface area contributed by atoms with E-state index in [0.29, 0.717) is 6.04 Å². The summed E-state index contributed by atoms with van der Waals surface area (Å²) in [6.45, 7) is 0.860. The van der Waals surface area contributed by atoms with Crippen molar-refractivity contribution in [3.8, 4) is 11.5 Å². The van der Waals surface area contributed by atoms with E-state index >= 15 is 0 Å². The van der Waals surface area contributed by atoms with Crippen LogP contribution in [-0.4, -0.2) is 23.0 Å². The summed E-state index contributed by atoms with van der Waals surface area (Å²) in [5.41, 5.74) is 2.09. The zero-order chi connectivity index (χ0) is 16.4. The number of hydrogen-bond donors (Lipinski definition) is 0. The van der Waals surface area contributed by atoms with E-state index in [-0.39, 0.29) is 0 Å². The van der Waals surface area contributed by atoms with Crippen molar-refractivity contribution >= 4 is 10.8 Å². The molecule has 0 spiro atoms. The summed E-state index contributed by atoms with van der Waals surface area (Å²) in [5, 5.41) is 2.41. The molecular weight excluding hydrogens is 296 g/mol. The van der Waals surface area contributed by atoms with Crippen LogP contribution in [-0.2, 0) is 6.54 Å². The monoisotopic (exact) mass is 320 g/mol. The minimum atomic E-state index is 0.691. The maximum absolute atomic E-state index is 5.81. The number of nitrogens with zero attached hydrogens (tertiary/aromatic N) is 2. The van der Waals surface area contributed by atoms with Gasteiger partial charge in [-0.25, -0.2) is 4.98 Å². The molecule has 1 aliphatic carbocycles. The first kappa shape index (κ1) is 15.4. The van der Waals surface area contributed by atoms with Gasteiger partial charge in [-0.2, -0.15) is 0 Å². The molecule has 2 aromatic carbocycles. The van der Waals surface area contributed by atoms with Crippen molar-refractivity contribution in [1.82, 2.24) is 9.88 Å².